The SMILES string of the molecule is Cc1ccc(-n2c(SCC(=O)N/N=C\c3ccc(Cl)c([N+](=O)[O-])c3)nnc2-c2ccc(Cl)cc2)cc1. The lowest BCUT2D eigenvalue weighted by Gasteiger charge is -2.10. The van der Waals surface area contributed by atoms with E-state index in [1.165, 1.54) is 30.1 Å². The molecule has 4 rings (SSSR count). The molecule has 1 amide bonds. The monoisotopic (exact) mass is 540 g/mol. The summed E-state index contributed by atoms with van der Waals surface area (Å²) in [6.45, 7) is 2.00. The summed E-state index contributed by atoms with van der Waals surface area (Å²) < 4.78 is 1.87. The van der Waals surface area contributed by atoms with Gasteiger partial charge in [0.05, 0.1) is 16.9 Å². The summed E-state index contributed by atoms with van der Waals surface area (Å²) in [5.74, 6) is 0.245. The minimum Gasteiger partial charge on any atom is -0.272 e. The highest BCUT2D eigenvalue weighted by Crippen LogP contribution is 2.29. The largest absolute Gasteiger partial charge is 0.288 e. The lowest BCUT2D eigenvalue weighted by atomic mass is 10.2. The van der Waals surface area contributed by atoms with Crippen molar-refractivity contribution in [2.45, 2.75) is 12.1 Å². The van der Waals surface area contributed by atoms with E-state index in [0.29, 0.717) is 21.6 Å². The number of nitro groups is 1. The first-order chi connectivity index (χ1) is 17.3. The van der Waals surface area contributed by atoms with Crippen LogP contribution in [0.15, 0.2) is 77.0 Å². The molecule has 0 aliphatic rings. The van der Waals surface area contributed by atoms with Gasteiger partial charge in [-0.1, -0.05) is 58.7 Å². The van der Waals surface area contributed by atoms with E-state index in [9.17, 15) is 14.9 Å². The lowest BCUT2D eigenvalue weighted by Crippen LogP contribution is -2.20. The maximum atomic E-state index is 12.4. The van der Waals surface area contributed by atoms with E-state index in [0.717, 1.165) is 16.8 Å². The molecule has 0 unspecified atom stereocenters. The van der Waals surface area contributed by atoms with E-state index in [4.69, 9.17) is 23.2 Å². The van der Waals surface area contributed by atoms with E-state index >= 15 is 0 Å². The number of carbonyl (C=O) groups is 1. The summed E-state index contributed by atoms with van der Waals surface area (Å²) in [7, 11) is 0. The van der Waals surface area contributed by atoms with Crippen LogP contribution < -0.4 is 5.43 Å². The van der Waals surface area contributed by atoms with Crippen molar-refractivity contribution in [2.75, 3.05) is 5.75 Å². The summed E-state index contributed by atoms with van der Waals surface area (Å²) in [6.07, 6.45) is 1.30. The number of rotatable bonds is 8. The zero-order valence-corrected chi connectivity index (χ0v) is 21.1. The maximum absolute atomic E-state index is 12.4. The summed E-state index contributed by atoms with van der Waals surface area (Å²) in [4.78, 5) is 22.8. The molecule has 0 bridgehead atoms. The first-order valence-electron chi connectivity index (χ1n) is 10.5. The van der Waals surface area contributed by atoms with Crippen LogP contribution in [-0.4, -0.2) is 37.6 Å². The second-order valence-corrected chi connectivity index (χ2v) is 9.32. The van der Waals surface area contributed by atoms with Crippen molar-refractivity contribution in [3.63, 3.8) is 0 Å². The topological polar surface area (TPSA) is 115 Å². The molecular weight excluding hydrogens is 523 g/mol. The Morgan fingerprint density at radius 3 is 2.53 bits per heavy atom. The van der Waals surface area contributed by atoms with E-state index in [1.807, 2.05) is 47.9 Å². The molecule has 0 spiro atoms. The van der Waals surface area contributed by atoms with Crippen molar-refractivity contribution >= 4 is 52.8 Å². The zero-order chi connectivity index (χ0) is 25.7. The molecule has 0 radical (unpaired) electrons. The van der Waals surface area contributed by atoms with Gasteiger partial charge in [0, 0.05) is 27.9 Å². The average Bonchev–Trinajstić information content (AvgIpc) is 3.28. The van der Waals surface area contributed by atoms with Gasteiger partial charge in [0.2, 0.25) is 0 Å². The molecule has 36 heavy (non-hydrogen) atoms. The van der Waals surface area contributed by atoms with Crippen LogP contribution in [-0.2, 0) is 4.79 Å². The molecule has 0 saturated heterocycles. The first-order valence-corrected chi connectivity index (χ1v) is 12.2. The molecule has 1 N–H and O–H groups in total. The van der Waals surface area contributed by atoms with E-state index in [-0.39, 0.29) is 22.4 Å². The number of nitrogens with one attached hydrogen (secondary N) is 1. The first kappa shape index (κ1) is 25.4. The number of aryl methyl sites for hydroxylation is 1. The highest BCUT2D eigenvalue weighted by Gasteiger charge is 2.17. The number of halogens is 2. The Kier molecular flexibility index (Phi) is 7.99. The van der Waals surface area contributed by atoms with Crippen LogP contribution in [0.3, 0.4) is 0 Å². The van der Waals surface area contributed by atoms with Crippen LogP contribution in [0.4, 0.5) is 5.69 Å². The Bertz CT molecular complexity index is 1440. The van der Waals surface area contributed by atoms with Crippen LogP contribution >= 0.6 is 35.0 Å². The third-order valence-electron chi connectivity index (χ3n) is 4.93. The van der Waals surface area contributed by atoms with Crippen LogP contribution in [0, 0.1) is 17.0 Å². The number of amides is 1. The number of hydrogen-bond acceptors (Lipinski definition) is 7. The zero-order valence-electron chi connectivity index (χ0n) is 18.8. The Morgan fingerprint density at radius 1 is 1.11 bits per heavy atom. The van der Waals surface area contributed by atoms with Crippen molar-refractivity contribution in [1.29, 1.82) is 0 Å². The number of nitro benzene ring substituents is 1. The summed E-state index contributed by atoms with van der Waals surface area (Å²) in [6, 6.07) is 19.4. The number of benzene rings is 3. The van der Waals surface area contributed by atoms with Crippen molar-refractivity contribution in [2.24, 2.45) is 5.10 Å². The number of thioether (sulfide) groups is 1. The predicted octanol–water partition coefficient (Wildman–Crippen LogP) is 5.70. The molecule has 0 fully saturated rings. The number of hydrazone groups is 1. The van der Waals surface area contributed by atoms with Crippen LogP contribution in [0.2, 0.25) is 10.0 Å². The smallest absolute Gasteiger partial charge is 0.272 e. The van der Waals surface area contributed by atoms with Gasteiger partial charge in [-0.3, -0.25) is 19.5 Å². The molecule has 0 aliphatic heterocycles. The molecule has 182 valence electrons. The lowest BCUT2D eigenvalue weighted by molar-refractivity contribution is -0.384. The second kappa shape index (κ2) is 11.3. The second-order valence-electron chi connectivity index (χ2n) is 7.53. The molecule has 1 heterocycles. The van der Waals surface area contributed by atoms with Gasteiger partial charge in [-0.2, -0.15) is 5.10 Å². The Labute approximate surface area is 220 Å². The van der Waals surface area contributed by atoms with Gasteiger partial charge >= 0.3 is 0 Å². The number of nitrogens with zero attached hydrogens (tertiary/aromatic N) is 5. The summed E-state index contributed by atoms with van der Waals surface area (Å²) in [5, 5.41) is 24.7. The fourth-order valence-electron chi connectivity index (χ4n) is 3.17. The number of hydrogen-bond donors (Lipinski definition) is 1. The highest BCUT2D eigenvalue weighted by molar-refractivity contribution is 7.99. The van der Waals surface area contributed by atoms with Gasteiger partial charge in [0.15, 0.2) is 11.0 Å². The van der Waals surface area contributed by atoms with Gasteiger partial charge in [-0.25, -0.2) is 5.43 Å². The molecule has 0 atom stereocenters. The van der Waals surface area contributed by atoms with Crippen molar-refractivity contribution in [3.8, 4) is 17.1 Å². The molecule has 3 aromatic carbocycles. The fourth-order valence-corrected chi connectivity index (χ4v) is 4.22. The molecule has 1 aromatic heterocycles. The Balaban J connectivity index is 1.49. The van der Waals surface area contributed by atoms with E-state index in [1.54, 1.807) is 18.2 Å². The Hall–Kier alpha value is -3.73. The van der Waals surface area contributed by atoms with Crippen LogP contribution in [0.5, 0.6) is 0 Å². The molecule has 0 saturated carbocycles. The van der Waals surface area contributed by atoms with Crippen molar-refractivity contribution in [1.82, 2.24) is 20.2 Å². The third-order valence-corrected chi connectivity index (χ3v) is 6.43. The van der Waals surface area contributed by atoms with Crippen molar-refractivity contribution in [3.05, 3.63) is 98.0 Å². The quantitative estimate of drug-likeness (QED) is 0.132. The van der Waals surface area contributed by atoms with E-state index < -0.39 is 4.92 Å². The van der Waals surface area contributed by atoms with Crippen molar-refractivity contribution < 1.29 is 9.72 Å². The van der Waals surface area contributed by atoms with Gasteiger partial charge in [-0.05, 0) is 49.4 Å². The van der Waals surface area contributed by atoms with Crippen LogP contribution in [0.1, 0.15) is 11.1 Å². The molecular formula is C24H18Cl2N6O3S. The number of aromatic nitrogens is 3. The van der Waals surface area contributed by atoms with Crippen LogP contribution in [0.25, 0.3) is 17.1 Å². The minimum atomic E-state index is -0.586. The van der Waals surface area contributed by atoms with Gasteiger partial charge < -0.3 is 0 Å². The Morgan fingerprint density at radius 2 is 1.83 bits per heavy atom. The molecule has 0 aliphatic carbocycles. The normalized spacial score (nSPS) is 11.1. The van der Waals surface area contributed by atoms with Gasteiger partial charge in [-0.15, -0.1) is 10.2 Å². The predicted molar refractivity (Wildman–Crippen MR) is 141 cm³/mol. The van der Waals surface area contributed by atoms with Gasteiger partial charge in [0.1, 0.15) is 5.02 Å². The van der Waals surface area contributed by atoms with E-state index in [2.05, 4.69) is 20.7 Å². The number of carbonyl (C=O) groups excluding carboxylic acids is 1. The summed E-state index contributed by atoms with van der Waals surface area (Å²) >= 11 is 13.0. The molecule has 4 aromatic rings. The maximum Gasteiger partial charge on any atom is 0.288 e. The van der Waals surface area contributed by atoms with Gasteiger partial charge in [0.25, 0.3) is 11.6 Å². The standard InChI is InChI=1S/C24H18Cl2N6O3S/c1-15-2-9-19(10-3-15)31-23(17-5-7-18(25)8-6-17)29-30-24(31)36-14-22(33)28-27-13-16-4-11-20(26)21(12-16)32(34)35/h2-13H,14H2,1H3,(H,28,33)/b27-13-. The molecule has 12 heteroatoms. The minimum absolute atomic E-state index is 0.0166. The third kappa shape index (κ3) is 6.09. The average molecular weight is 541 g/mol. The summed E-state index contributed by atoms with van der Waals surface area (Å²) in [5.41, 5.74) is 5.37. The fraction of sp³-hybridized carbons (Fsp3) is 0.0833. The molecule has 9 nitrogen and oxygen atoms in total. The highest BCUT2D eigenvalue weighted by atomic mass is 35.5.